The van der Waals surface area contributed by atoms with Crippen molar-refractivity contribution in [2.75, 3.05) is 9.80 Å². The molecule has 0 fully saturated rings. The van der Waals surface area contributed by atoms with E-state index in [2.05, 4.69) is 192 Å². The molecule has 0 aliphatic rings. The van der Waals surface area contributed by atoms with E-state index >= 15 is 0 Å². The van der Waals surface area contributed by atoms with Crippen LogP contribution in [0.5, 0.6) is 0 Å². The SMILES string of the molecule is c1ccc(N(c2ccc3c(c2)oc2ccc(N(c4ccccc4)c4ccc5sc6ccccc6c5c4)cc23)c2ccc3sc4ccccc4c3c2)cc1. The van der Waals surface area contributed by atoms with Gasteiger partial charge in [-0.2, -0.15) is 0 Å². The number of rotatable bonds is 6. The topological polar surface area (TPSA) is 19.6 Å². The summed E-state index contributed by atoms with van der Waals surface area (Å²) in [4.78, 5) is 4.67. The first-order valence-electron chi connectivity index (χ1n) is 17.7. The molecule has 0 bridgehead atoms. The van der Waals surface area contributed by atoms with Crippen LogP contribution in [0.25, 0.3) is 62.3 Å². The summed E-state index contributed by atoms with van der Waals surface area (Å²) in [6.07, 6.45) is 0. The zero-order chi connectivity index (χ0) is 34.9. The van der Waals surface area contributed by atoms with Gasteiger partial charge in [-0.15, -0.1) is 22.7 Å². The van der Waals surface area contributed by atoms with E-state index in [1.807, 2.05) is 22.7 Å². The number of fused-ring (bicyclic) bond motifs is 9. The predicted molar refractivity (Wildman–Crippen MR) is 229 cm³/mol. The van der Waals surface area contributed by atoms with E-state index in [1.54, 1.807) is 0 Å². The number of thiophene rings is 2. The molecule has 11 aromatic rings. The van der Waals surface area contributed by atoms with Crippen molar-refractivity contribution in [2.45, 2.75) is 0 Å². The third-order valence-electron chi connectivity index (χ3n) is 10.2. The Morgan fingerprint density at radius 3 is 1.28 bits per heavy atom. The lowest BCUT2D eigenvalue weighted by atomic mass is 10.1. The Morgan fingerprint density at radius 2 is 0.717 bits per heavy atom. The largest absolute Gasteiger partial charge is 0.456 e. The van der Waals surface area contributed by atoms with Crippen LogP contribution in [-0.4, -0.2) is 0 Å². The first-order valence-corrected chi connectivity index (χ1v) is 19.4. The Labute approximate surface area is 313 Å². The molecule has 0 amide bonds. The van der Waals surface area contributed by atoms with Crippen molar-refractivity contribution in [3.63, 3.8) is 0 Å². The summed E-state index contributed by atoms with van der Waals surface area (Å²) in [7, 11) is 0. The van der Waals surface area contributed by atoms with Gasteiger partial charge in [-0.3, -0.25) is 0 Å². The Balaban J connectivity index is 1.05. The summed E-state index contributed by atoms with van der Waals surface area (Å²) < 4.78 is 11.8. The zero-order valence-corrected chi connectivity index (χ0v) is 30.1. The summed E-state index contributed by atoms with van der Waals surface area (Å²) in [6, 6.07) is 65.4. The first-order chi connectivity index (χ1) is 26.2. The van der Waals surface area contributed by atoms with Crippen LogP contribution in [0.2, 0.25) is 0 Å². The second kappa shape index (κ2) is 12.1. The second-order valence-corrected chi connectivity index (χ2v) is 15.5. The Morgan fingerprint density at radius 1 is 0.283 bits per heavy atom. The fraction of sp³-hybridized carbons (Fsp3) is 0. The Kier molecular flexibility index (Phi) is 6.90. The highest BCUT2D eigenvalue weighted by Crippen LogP contribution is 2.44. The second-order valence-electron chi connectivity index (χ2n) is 13.4. The molecule has 3 nitrogen and oxygen atoms in total. The van der Waals surface area contributed by atoms with Gasteiger partial charge in [0.1, 0.15) is 11.2 Å². The van der Waals surface area contributed by atoms with Gasteiger partial charge >= 0.3 is 0 Å². The maximum atomic E-state index is 6.63. The van der Waals surface area contributed by atoms with Gasteiger partial charge < -0.3 is 14.2 Å². The Hall–Kier alpha value is -6.40. The van der Waals surface area contributed by atoms with Crippen molar-refractivity contribution in [3.05, 3.63) is 182 Å². The third-order valence-corrected chi connectivity index (χ3v) is 12.5. The highest BCUT2D eigenvalue weighted by atomic mass is 32.1. The van der Waals surface area contributed by atoms with Gasteiger partial charge in [-0.1, -0.05) is 72.8 Å². The van der Waals surface area contributed by atoms with Gasteiger partial charge in [0.05, 0.1) is 0 Å². The van der Waals surface area contributed by atoms with Crippen LogP contribution in [0.4, 0.5) is 34.1 Å². The van der Waals surface area contributed by atoms with Crippen LogP contribution in [0, 0.1) is 0 Å². The summed E-state index contributed by atoms with van der Waals surface area (Å²) in [5.74, 6) is 0. The van der Waals surface area contributed by atoms with Crippen molar-refractivity contribution in [1.29, 1.82) is 0 Å². The van der Waals surface area contributed by atoms with Crippen LogP contribution < -0.4 is 9.80 Å². The standard InChI is InChI=1S/C48H30N2OS2/c1-3-11-31(12-4-1)49(34-21-25-47-41(28-34)38-15-7-9-17-45(38)52-47)33-20-24-43-40(27-33)37-23-19-36(30-44(37)51-43)50(32-13-5-2-6-14-32)35-22-26-48-42(29-35)39-16-8-10-18-46(39)53-48/h1-30H. The molecular weight excluding hydrogens is 685 g/mol. The van der Waals surface area contributed by atoms with Crippen LogP contribution in [0.3, 0.4) is 0 Å². The molecule has 0 aliphatic carbocycles. The summed E-state index contributed by atoms with van der Waals surface area (Å²) in [5.41, 5.74) is 8.28. The molecule has 0 atom stereocenters. The third kappa shape index (κ3) is 5.01. The van der Waals surface area contributed by atoms with Crippen LogP contribution in [0.1, 0.15) is 0 Å². The summed E-state index contributed by atoms with van der Waals surface area (Å²) in [6.45, 7) is 0. The lowest BCUT2D eigenvalue weighted by Crippen LogP contribution is -2.09. The number of para-hydroxylation sites is 2. The van der Waals surface area contributed by atoms with Gasteiger partial charge in [-0.05, 0) is 103 Å². The highest BCUT2D eigenvalue weighted by Gasteiger charge is 2.19. The molecule has 3 aromatic heterocycles. The smallest absolute Gasteiger partial charge is 0.137 e. The Bertz CT molecular complexity index is 3140. The lowest BCUT2D eigenvalue weighted by molar-refractivity contribution is 0.669. The fourth-order valence-corrected chi connectivity index (χ4v) is 9.96. The van der Waals surface area contributed by atoms with Crippen molar-refractivity contribution >= 4 is 119 Å². The molecule has 0 unspecified atom stereocenters. The van der Waals surface area contributed by atoms with E-state index in [0.29, 0.717) is 0 Å². The minimum absolute atomic E-state index is 0.857. The van der Waals surface area contributed by atoms with Gasteiger partial charge in [0.2, 0.25) is 0 Å². The van der Waals surface area contributed by atoms with Gasteiger partial charge in [0.25, 0.3) is 0 Å². The molecule has 0 spiro atoms. The molecule has 0 aliphatic heterocycles. The molecular formula is C48H30N2OS2. The maximum Gasteiger partial charge on any atom is 0.137 e. The number of nitrogens with zero attached hydrogens (tertiary/aromatic N) is 2. The van der Waals surface area contributed by atoms with E-state index in [9.17, 15) is 0 Å². The van der Waals surface area contributed by atoms with Crippen LogP contribution in [-0.2, 0) is 0 Å². The average molecular weight is 715 g/mol. The highest BCUT2D eigenvalue weighted by molar-refractivity contribution is 7.26. The zero-order valence-electron chi connectivity index (χ0n) is 28.4. The quantitative estimate of drug-likeness (QED) is 0.171. The maximum absolute atomic E-state index is 6.63. The number of furan rings is 1. The van der Waals surface area contributed by atoms with Crippen molar-refractivity contribution in [1.82, 2.24) is 0 Å². The van der Waals surface area contributed by atoms with Crippen LogP contribution >= 0.6 is 22.7 Å². The molecule has 8 aromatic carbocycles. The summed E-state index contributed by atoms with van der Waals surface area (Å²) >= 11 is 3.69. The molecule has 3 heterocycles. The average Bonchev–Trinajstić information content (AvgIpc) is 3.89. The fourth-order valence-electron chi connectivity index (χ4n) is 7.79. The van der Waals surface area contributed by atoms with Gasteiger partial charge in [0, 0.05) is 91.3 Å². The molecule has 0 N–H and O–H groups in total. The normalized spacial score (nSPS) is 11.8. The predicted octanol–water partition coefficient (Wildman–Crippen LogP) is 15.3. The molecule has 0 saturated carbocycles. The van der Waals surface area contributed by atoms with E-state index in [4.69, 9.17) is 4.42 Å². The number of hydrogen-bond acceptors (Lipinski definition) is 5. The number of hydrogen-bond donors (Lipinski definition) is 0. The van der Waals surface area contributed by atoms with E-state index in [-0.39, 0.29) is 0 Å². The number of benzene rings is 8. The molecule has 0 saturated heterocycles. The monoisotopic (exact) mass is 714 g/mol. The lowest BCUT2D eigenvalue weighted by Gasteiger charge is -2.26. The molecule has 53 heavy (non-hydrogen) atoms. The van der Waals surface area contributed by atoms with Gasteiger partial charge in [-0.25, -0.2) is 0 Å². The first kappa shape index (κ1) is 30.2. The summed E-state index contributed by atoms with van der Waals surface area (Å²) in [5, 5.41) is 7.31. The molecule has 250 valence electrons. The molecule has 5 heteroatoms. The van der Waals surface area contributed by atoms with Gasteiger partial charge in [0.15, 0.2) is 0 Å². The minimum atomic E-state index is 0.857. The van der Waals surface area contributed by atoms with Crippen molar-refractivity contribution < 1.29 is 4.42 Å². The molecule has 0 radical (unpaired) electrons. The van der Waals surface area contributed by atoms with Crippen molar-refractivity contribution in [3.8, 4) is 0 Å². The van der Waals surface area contributed by atoms with Crippen molar-refractivity contribution in [2.24, 2.45) is 0 Å². The van der Waals surface area contributed by atoms with Crippen LogP contribution in [0.15, 0.2) is 186 Å². The van der Waals surface area contributed by atoms with E-state index in [1.165, 1.54) is 40.3 Å². The number of anilines is 6. The molecule has 11 rings (SSSR count). The van der Waals surface area contributed by atoms with E-state index in [0.717, 1.165) is 56.1 Å². The minimum Gasteiger partial charge on any atom is -0.456 e. The van der Waals surface area contributed by atoms with E-state index < -0.39 is 0 Å².